The molecule has 1 aliphatic rings. The monoisotopic (exact) mass is 205 g/mol. The molecule has 5 heteroatoms. The van der Waals surface area contributed by atoms with Gasteiger partial charge in [0.15, 0.2) is 0 Å². The highest BCUT2D eigenvalue weighted by Gasteiger charge is 2.41. The number of carbonyl (C=O) groups excluding carboxylic acids is 1. The van der Waals surface area contributed by atoms with Gasteiger partial charge < -0.3 is 5.32 Å². The number of hydrogen-bond acceptors (Lipinski definition) is 1. The van der Waals surface area contributed by atoms with Crippen LogP contribution in [0.2, 0.25) is 0 Å². The predicted octanol–water partition coefficient (Wildman–Crippen LogP) is 1.94. The molecule has 0 bridgehead atoms. The second-order valence-corrected chi connectivity index (χ2v) is 2.94. The largest absolute Gasteiger partial charge is 0.412 e. The number of nitrogens with one attached hydrogen (secondary N) is 1. The minimum absolute atomic E-state index is 0.0709. The Labute approximate surface area is 79.5 Å². The first-order valence-corrected chi connectivity index (χ1v) is 4.18. The van der Waals surface area contributed by atoms with Crippen LogP contribution < -0.4 is 5.32 Å². The number of rotatable bonds is 3. The van der Waals surface area contributed by atoms with Gasteiger partial charge in [-0.25, -0.2) is 0 Å². The summed E-state index contributed by atoms with van der Waals surface area (Å²) in [5.74, 6) is 0. The van der Waals surface area contributed by atoms with Crippen molar-refractivity contribution in [3.8, 4) is 0 Å². The van der Waals surface area contributed by atoms with E-state index in [4.69, 9.17) is 0 Å². The van der Waals surface area contributed by atoms with Gasteiger partial charge in [-0.05, 0) is 18.4 Å². The minimum atomic E-state index is -4.44. The van der Waals surface area contributed by atoms with Crippen molar-refractivity contribution in [3.63, 3.8) is 0 Å². The van der Waals surface area contributed by atoms with Crippen LogP contribution in [-0.4, -0.2) is 18.6 Å². The number of amides is 1. The maximum absolute atomic E-state index is 12.4. The van der Waals surface area contributed by atoms with Crippen molar-refractivity contribution in [1.29, 1.82) is 0 Å². The van der Waals surface area contributed by atoms with Gasteiger partial charge in [0.05, 0.1) is 0 Å². The Hall–Kier alpha value is -1.26. The highest BCUT2D eigenvalue weighted by atomic mass is 19.4. The average Bonchev–Trinajstić information content (AvgIpc) is 2.14. The average molecular weight is 205 g/mol. The van der Waals surface area contributed by atoms with Crippen LogP contribution in [0, 0.1) is 0 Å². The van der Waals surface area contributed by atoms with Gasteiger partial charge in [-0.3, -0.25) is 4.79 Å². The molecule has 14 heavy (non-hydrogen) atoms. The van der Waals surface area contributed by atoms with Gasteiger partial charge in [0, 0.05) is 0 Å². The van der Waals surface area contributed by atoms with E-state index in [9.17, 15) is 18.0 Å². The molecule has 0 aliphatic heterocycles. The molecule has 0 saturated heterocycles. The third-order valence-electron chi connectivity index (χ3n) is 1.92. The van der Waals surface area contributed by atoms with E-state index >= 15 is 0 Å². The molecule has 0 heterocycles. The lowest BCUT2D eigenvalue weighted by atomic mass is 10.00. The van der Waals surface area contributed by atoms with E-state index in [-0.39, 0.29) is 12.0 Å². The number of alkyl halides is 3. The minimum Gasteiger partial charge on any atom is -0.343 e. The number of hydrogen-bond donors (Lipinski definition) is 1. The van der Waals surface area contributed by atoms with E-state index in [1.54, 1.807) is 11.4 Å². The molecule has 2 nitrogen and oxygen atoms in total. The van der Waals surface area contributed by atoms with E-state index in [0.29, 0.717) is 6.42 Å². The molecular weight excluding hydrogens is 195 g/mol. The van der Waals surface area contributed by atoms with Crippen LogP contribution in [-0.2, 0) is 4.79 Å². The number of carbonyl (C=O) groups is 1. The van der Waals surface area contributed by atoms with Crippen molar-refractivity contribution in [1.82, 2.24) is 5.32 Å². The summed E-state index contributed by atoms with van der Waals surface area (Å²) in [6.07, 6.45) is 1.53. The van der Waals surface area contributed by atoms with Crippen molar-refractivity contribution < 1.29 is 18.0 Å². The van der Waals surface area contributed by atoms with Crippen molar-refractivity contribution in [2.45, 2.75) is 25.1 Å². The zero-order valence-electron chi connectivity index (χ0n) is 7.34. The van der Waals surface area contributed by atoms with Gasteiger partial charge in [-0.15, -0.1) is 0 Å². The van der Waals surface area contributed by atoms with Gasteiger partial charge in [0.1, 0.15) is 6.04 Å². The lowest BCUT2D eigenvalue weighted by Crippen LogP contribution is -2.42. The molecule has 1 aliphatic carbocycles. The molecule has 0 spiro atoms. The third-order valence-corrected chi connectivity index (χ3v) is 1.92. The first-order valence-electron chi connectivity index (χ1n) is 4.18. The third kappa shape index (κ3) is 2.61. The fourth-order valence-corrected chi connectivity index (χ4v) is 1.30. The van der Waals surface area contributed by atoms with E-state index in [0.717, 1.165) is 6.42 Å². The smallest absolute Gasteiger partial charge is 0.343 e. The fourth-order valence-electron chi connectivity index (χ4n) is 1.30. The molecule has 0 aromatic heterocycles. The Morgan fingerprint density at radius 1 is 1.43 bits per heavy atom. The molecule has 0 radical (unpaired) electrons. The summed E-state index contributed by atoms with van der Waals surface area (Å²) in [6, 6.07) is -1.88. The SMILES string of the molecule is O=CNC(C1=CCCC=C1)C(F)(F)F. The second kappa shape index (κ2) is 4.30. The first-order chi connectivity index (χ1) is 6.55. The molecule has 1 N–H and O–H groups in total. The second-order valence-electron chi connectivity index (χ2n) is 2.94. The van der Waals surface area contributed by atoms with Gasteiger partial charge >= 0.3 is 6.18 Å². The molecule has 0 saturated carbocycles. The van der Waals surface area contributed by atoms with E-state index in [1.165, 1.54) is 12.2 Å². The summed E-state index contributed by atoms with van der Waals surface area (Å²) in [5, 5.41) is 1.77. The van der Waals surface area contributed by atoms with Crippen LogP contribution in [0.15, 0.2) is 23.8 Å². The molecule has 1 rings (SSSR count). The standard InChI is InChI=1S/C9H10F3NO/c10-9(11,12)8(13-6-14)7-4-2-1-3-5-7/h2,4-6,8H,1,3H2,(H,13,14). The van der Waals surface area contributed by atoms with Gasteiger partial charge in [0.2, 0.25) is 6.41 Å². The Morgan fingerprint density at radius 3 is 2.57 bits per heavy atom. The maximum Gasteiger partial charge on any atom is 0.412 e. The predicted molar refractivity (Wildman–Crippen MR) is 45.5 cm³/mol. The molecule has 0 fully saturated rings. The number of halogens is 3. The molecule has 0 aromatic carbocycles. The zero-order valence-corrected chi connectivity index (χ0v) is 7.34. The van der Waals surface area contributed by atoms with Crippen LogP contribution >= 0.6 is 0 Å². The maximum atomic E-state index is 12.4. The lowest BCUT2D eigenvalue weighted by Gasteiger charge is -2.21. The molecule has 1 unspecified atom stereocenters. The summed E-state index contributed by atoms with van der Waals surface area (Å²) < 4.78 is 37.2. The topological polar surface area (TPSA) is 29.1 Å². The summed E-state index contributed by atoms with van der Waals surface area (Å²) in [5.41, 5.74) is 0.107. The quantitative estimate of drug-likeness (QED) is 0.701. The Morgan fingerprint density at radius 2 is 2.14 bits per heavy atom. The summed E-state index contributed by atoms with van der Waals surface area (Å²) in [7, 11) is 0. The van der Waals surface area contributed by atoms with E-state index < -0.39 is 12.2 Å². The van der Waals surface area contributed by atoms with Crippen LogP contribution in [0.3, 0.4) is 0 Å². The van der Waals surface area contributed by atoms with Crippen LogP contribution in [0.5, 0.6) is 0 Å². The van der Waals surface area contributed by atoms with Gasteiger partial charge in [-0.1, -0.05) is 18.2 Å². The van der Waals surface area contributed by atoms with E-state index in [1.807, 2.05) is 0 Å². The molecule has 78 valence electrons. The van der Waals surface area contributed by atoms with Crippen LogP contribution in [0.4, 0.5) is 13.2 Å². The highest BCUT2D eigenvalue weighted by Crippen LogP contribution is 2.27. The van der Waals surface area contributed by atoms with Crippen molar-refractivity contribution >= 4 is 6.41 Å². The van der Waals surface area contributed by atoms with Crippen molar-refractivity contribution in [2.75, 3.05) is 0 Å². The normalized spacial score (nSPS) is 18.6. The zero-order chi connectivity index (χ0) is 10.6. The van der Waals surface area contributed by atoms with E-state index in [2.05, 4.69) is 0 Å². The first kappa shape index (κ1) is 10.8. The summed E-state index contributed by atoms with van der Waals surface area (Å²) in [4.78, 5) is 10.0. The summed E-state index contributed by atoms with van der Waals surface area (Å²) >= 11 is 0. The molecule has 1 amide bonds. The van der Waals surface area contributed by atoms with Gasteiger partial charge in [-0.2, -0.15) is 13.2 Å². The van der Waals surface area contributed by atoms with Crippen molar-refractivity contribution in [2.24, 2.45) is 0 Å². The Balaban J connectivity index is 2.82. The van der Waals surface area contributed by atoms with Crippen molar-refractivity contribution in [3.05, 3.63) is 23.8 Å². The van der Waals surface area contributed by atoms with Gasteiger partial charge in [0.25, 0.3) is 0 Å². The molecule has 1 atom stereocenters. The Bertz CT molecular complexity index is 268. The highest BCUT2D eigenvalue weighted by molar-refractivity contribution is 5.49. The molecule has 0 aromatic rings. The summed E-state index contributed by atoms with van der Waals surface area (Å²) in [6.45, 7) is 0. The van der Waals surface area contributed by atoms with Crippen LogP contribution in [0.1, 0.15) is 12.8 Å². The molecular formula is C9H10F3NO. The lowest BCUT2D eigenvalue weighted by molar-refractivity contribution is -0.150. The Kier molecular flexibility index (Phi) is 3.33. The van der Waals surface area contributed by atoms with Crippen LogP contribution in [0.25, 0.3) is 0 Å². The fraction of sp³-hybridized carbons (Fsp3) is 0.444. The number of allylic oxidation sites excluding steroid dienone is 2.